The van der Waals surface area contributed by atoms with Crippen molar-refractivity contribution in [2.75, 3.05) is 13.2 Å². The second kappa shape index (κ2) is 8.47. The molecule has 15 heavy (non-hydrogen) atoms. The molecule has 0 saturated heterocycles. The van der Waals surface area contributed by atoms with Gasteiger partial charge >= 0.3 is 6.09 Å². The Kier molecular flexibility index (Phi) is 7.99. The zero-order chi connectivity index (χ0) is 11.7. The van der Waals surface area contributed by atoms with Gasteiger partial charge in [0, 0.05) is 0 Å². The number of nitrogens with one attached hydrogen (secondary N) is 1. The number of carbonyl (C=O) groups is 1. The highest BCUT2D eigenvalue weighted by atomic mass is 32.1. The van der Waals surface area contributed by atoms with Gasteiger partial charge in [0.1, 0.15) is 0 Å². The summed E-state index contributed by atoms with van der Waals surface area (Å²) in [5.41, 5.74) is 0. The predicted octanol–water partition coefficient (Wildman–Crippen LogP) is 2.47. The van der Waals surface area contributed by atoms with Crippen LogP contribution >= 0.6 is 12.2 Å². The van der Waals surface area contributed by atoms with E-state index in [4.69, 9.17) is 17.0 Å². The van der Waals surface area contributed by atoms with Crippen molar-refractivity contribution >= 4 is 23.5 Å². The third-order valence-electron chi connectivity index (χ3n) is 1.76. The van der Waals surface area contributed by atoms with E-state index in [1.807, 2.05) is 0 Å². The van der Waals surface area contributed by atoms with Gasteiger partial charge in [0.2, 0.25) is 0 Å². The molecule has 0 aliphatic heterocycles. The van der Waals surface area contributed by atoms with Crippen LogP contribution in [0.4, 0.5) is 4.79 Å². The summed E-state index contributed by atoms with van der Waals surface area (Å²) in [5, 5.41) is 2.41. The number of amides is 1. The van der Waals surface area contributed by atoms with E-state index < -0.39 is 6.09 Å². The van der Waals surface area contributed by atoms with Gasteiger partial charge in [-0.2, -0.15) is 0 Å². The van der Waals surface area contributed by atoms with Crippen molar-refractivity contribution in [1.29, 1.82) is 0 Å². The highest BCUT2D eigenvalue weighted by molar-refractivity contribution is 7.80. The molecule has 0 aromatic rings. The van der Waals surface area contributed by atoms with Crippen LogP contribution < -0.4 is 5.32 Å². The van der Waals surface area contributed by atoms with Gasteiger partial charge in [0.25, 0.3) is 5.17 Å². The van der Waals surface area contributed by atoms with Gasteiger partial charge in [-0.25, -0.2) is 4.79 Å². The second-order valence-electron chi connectivity index (χ2n) is 3.34. The van der Waals surface area contributed by atoms with Crippen LogP contribution in [0, 0.1) is 5.92 Å². The van der Waals surface area contributed by atoms with Crippen LogP contribution in [0.3, 0.4) is 0 Å². The number of hydrogen-bond acceptors (Lipinski definition) is 4. The SMILES string of the molecule is CCCC(C)COC(=S)NC(=O)OCC. The number of ether oxygens (including phenoxy) is 2. The van der Waals surface area contributed by atoms with Crippen LogP contribution in [0.2, 0.25) is 0 Å². The molecule has 1 N–H and O–H groups in total. The van der Waals surface area contributed by atoms with Gasteiger partial charge < -0.3 is 9.47 Å². The van der Waals surface area contributed by atoms with E-state index in [1.165, 1.54) is 0 Å². The minimum Gasteiger partial charge on any atom is -0.470 e. The Morgan fingerprint density at radius 2 is 2.07 bits per heavy atom. The molecule has 0 aromatic heterocycles. The molecule has 0 radical (unpaired) electrons. The lowest BCUT2D eigenvalue weighted by molar-refractivity contribution is 0.153. The quantitative estimate of drug-likeness (QED) is 0.741. The number of thiocarbonyl (C=S) groups is 1. The molecule has 0 rings (SSSR count). The van der Waals surface area contributed by atoms with Crippen molar-refractivity contribution in [3.05, 3.63) is 0 Å². The molecule has 88 valence electrons. The average Bonchev–Trinajstić information content (AvgIpc) is 2.15. The molecule has 1 atom stereocenters. The van der Waals surface area contributed by atoms with Crippen molar-refractivity contribution in [3.8, 4) is 0 Å². The highest BCUT2D eigenvalue weighted by Gasteiger charge is 2.07. The fourth-order valence-corrected chi connectivity index (χ4v) is 1.23. The average molecular weight is 233 g/mol. The summed E-state index contributed by atoms with van der Waals surface area (Å²) in [6, 6.07) is 0. The van der Waals surface area contributed by atoms with E-state index in [2.05, 4.69) is 23.9 Å². The zero-order valence-electron chi connectivity index (χ0n) is 9.54. The van der Waals surface area contributed by atoms with E-state index >= 15 is 0 Å². The maximum atomic E-state index is 10.9. The van der Waals surface area contributed by atoms with E-state index in [0.717, 1.165) is 12.8 Å². The van der Waals surface area contributed by atoms with Crippen LogP contribution in [0.25, 0.3) is 0 Å². The normalized spacial score (nSPS) is 11.7. The third-order valence-corrected chi connectivity index (χ3v) is 1.98. The predicted molar refractivity (Wildman–Crippen MR) is 62.8 cm³/mol. The molecule has 4 nitrogen and oxygen atoms in total. The topological polar surface area (TPSA) is 47.6 Å². The number of rotatable bonds is 5. The lowest BCUT2D eigenvalue weighted by Gasteiger charge is -2.12. The molecule has 0 aromatic carbocycles. The van der Waals surface area contributed by atoms with Crippen LogP contribution in [0.1, 0.15) is 33.6 Å². The molecular weight excluding hydrogens is 214 g/mol. The summed E-state index contributed by atoms with van der Waals surface area (Å²) in [4.78, 5) is 10.9. The monoisotopic (exact) mass is 233 g/mol. The highest BCUT2D eigenvalue weighted by Crippen LogP contribution is 2.04. The van der Waals surface area contributed by atoms with Crippen molar-refractivity contribution < 1.29 is 14.3 Å². The molecule has 1 amide bonds. The van der Waals surface area contributed by atoms with Crippen molar-refractivity contribution in [3.63, 3.8) is 0 Å². The number of hydrogen-bond donors (Lipinski definition) is 1. The molecule has 0 saturated carbocycles. The molecular formula is C10H19NO3S. The minimum atomic E-state index is -0.564. The molecule has 0 aliphatic carbocycles. The first-order valence-electron chi connectivity index (χ1n) is 5.20. The second-order valence-corrected chi connectivity index (χ2v) is 3.71. The molecule has 0 spiro atoms. The van der Waals surface area contributed by atoms with E-state index in [0.29, 0.717) is 19.1 Å². The molecule has 1 unspecified atom stereocenters. The first-order valence-corrected chi connectivity index (χ1v) is 5.61. The minimum absolute atomic E-state index is 0.0800. The maximum absolute atomic E-state index is 10.9. The Morgan fingerprint density at radius 3 is 2.60 bits per heavy atom. The lowest BCUT2D eigenvalue weighted by Crippen LogP contribution is -2.32. The fourth-order valence-electron chi connectivity index (χ4n) is 1.08. The zero-order valence-corrected chi connectivity index (χ0v) is 10.4. The Balaban J connectivity index is 3.61. The lowest BCUT2D eigenvalue weighted by atomic mass is 10.1. The van der Waals surface area contributed by atoms with Crippen LogP contribution in [0.5, 0.6) is 0 Å². The van der Waals surface area contributed by atoms with E-state index in [-0.39, 0.29) is 5.17 Å². The summed E-state index contributed by atoms with van der Waals surface area (Å²) < 4.78 is 9.84. The first-order chi connectivity index (χ1) is 7.10. The Labute approximate surface area is 96.3 Å². The Morgan fingerprint density at radius 1 is 1.40 bits per heavy atom. The van der Waals surface area contributed by atoms with Gasteiger partial charge in [0.15, 0.2) is 0 Å². The van der Waals surface area contributed by atoms with Crippen molar-refractivity contribution in [2.45, 2.75) is 33.6 Å². The first kappa shape index (κ1) is 14.2. The molecule has 0 aliphatic rings. The fraction of sp³-hybridized carbons (Fsp3) is 0.800. The van der Waals surface area contributed by atoms with Crippen LogP contribution in [-0.4, -0.2) is 24.5 Å². The molecule has 0 bridgehead atoms. The van der Waals surface area contributed by atoms with Gasteiger partial charge in [-0.1, -0.05) is 20.3 Å². The largest absolute Gasteiger partial charge is 0.470 e. The smallest absolute Gasteiger partial charge is 0.414 e. The van der Waals surface area contributed by atoms with Gasteiger partial charge in [0.05, 0.1) is 13.2 Å². The van der Waals surface area contributed by atoms with Gasteiger partial charge in [-0.3, -0.25) is 5.32 Å². The van der Waals surface area contributed by atoms with E-state index in [9.17, 15) is 4.79 Å². The van der Waals surface area contributed by atoms with Crippen molar-refractivity contribution in [1.82, 2.24) is 5.32 Å². The summed E-state index contributed by atoms with van der Waals surface area (Å²) in [5.74, 6) is 0.442. The van der Waals surface area contributed by atoms with Gasteiger partial charge in [-0.15, -0.1) is 0 Å². The van der Waals surface area contributed by atoms with E-state index in [1.54, 1.807) is 6.92 Å². The summed E-state index contributed by atoms with van der Waals surface area (Å²) in [6.07, 6.45) is 1.63. The van der Waals surface area contributed by atoms with Crippen molar-refractivity contribution in [2.24, 2.45) is 5.92 Å². The number of carbonyl (C=O) groups excluding carboxylic acids is 1. The van der Waals surface area contributed by atoms with Gasteiger partial charge in [-0.05, 0) is 31.5 Å². The van der Waals surface area contributed by atoms with Crippen LogP contribution in [0.15, 0.2) is 0 Å². The molecule has 0 heterocycles. The van der Waals surface area contributed by atoms with Crippen LogP contribution in [-0.2, 0) is 9.47 Å². The summed E-state index contributed by atoms with van der Waals surface area (Å²) in [7, 11) is 0. The maximum Gasteiger partial charge on any atom is 0.414 e. The Hall–Kier alpha value is -0.840. The Bertz CT molecular complexity index is 209. The molecule has 0 fully saturated rings. The molecule has 5 heteroatoms. The third kappa shape index (κ3) is 8.17. The summed E-state index contributed by atoms with van der Waals surface area (Å²) >= 11 is 4.81. The standard InChI is InChI=1S/C10H19NO3S/c1-4-6-8(3)7-14-10(15)11-9(12)13-5-2/h8H,4-7H2,1-3H3,(H,11,12,15). The summed E-state index contributed by atoms with van der Waals surface area (Å²) in [6.45, 7) is 6.77. The number of alkyl carbamates (subject to hydrolysis) is 1.